The van der Waals surface area contributed by atoms with Gasteiger partial charge < -0.3 is 24.1 Å². The largest absolute Gasteiger partial charge is 0.501 e. The summed E-state index contributed by atoms with van der Waals surface area (Å²) < 4.78 is 22.8. The summed E-state index contributed by atoms with van der Waals surface area (Å²) >= 11 is 3.50. The Morgan fingerprint density at radius 2 is 2.16 bits per heavy atom. The van der Waals surface area contributed by atoms with E-state index in [1.54, 1.807) is 27.2 Å². The molecular formula is C25H29BrO6. The van der Waals surface area contributed by atoms with Gasteiger partial charge in [0.25, 0.3) is 0 Å². The van der Waals surface area contributed by atoms with Crippen molar-refractivity contribution in [1.29, 1.82) is 0 Å². The van der Waals surface area contributed by atoms with Crippen molar-refractivity contribution in [3.63, 3.8) is 0 Å². The normalized spacial score (nSPS) is 19.6. The van der Waals surface area contributed by atoms with Gasteiger partial charge in [0.2, 0.25) is 0 Å². The Morgan fingerprint density at radius 3 is 2.78 bits per heavy atom. The highest BCUT2D eigenvalue weighted by Crippen LogP contribution is 2.31. The second kappa shape index (κ2) is 12.5. The first kappa shape index (κ1) is 25.7. The molecule has 0 bridgehead atoms. The number of allylic oxidation sites excluding steroid dienone is 3. The smallest absolute Gasteiger partial charge is 0.333 e. The molecule has 0 saturated heterocycles. The first-order valence-corrected chi connectivity index (χ1v) is 11.1. The monoisotopic (exact) mass is 504 g/mol. The van der Waals surface area contributed by atoms with Crippen molar-refractivity contribution in [2.75, 3.05) is 27.4 Å². The third-order valence-corrected chi connectivity index (χ3v) is 5.68. The molecule has 1 aliphatic carbocycles. The molecule has 172 valence electrons. The second-order valence-electron chi connectivity index (χ2n) is 7.14. The molecule has 1 aliphatic rings. The molecule has 0 radical (unpaired) electrons. The number of rotatable bonds is 10. The first-order valence-electron chi connectivity index (χ1n) is 10.3. The molecule has 0 spiro atoms. The Hall–Kier alpha value is -2.53. The van der Waals surface area contributed by atoms with Gasteiger partial charge in [-0.15, -0.1) is 0 Å². The van der Waals surface area contributed by atoms with Crippen LogP contribution in [0.3, 0.4) is 0 Å². The van der Waals surface area contributed by atoms with E-state index >= 15 is 0 Å². The first-order chi connectivity index (χ1) is 15.4. The van der Waals surface area contributed by atoms with E-state index in [0.29, 0.717) is 25.4 Å². The fraction of sp³-hybridized carbons (Fsp3) is 0.400. The van der Waals surface area contributed by atoms with Crippen molar-refractivity contribution in [3.05, 3.63) is 64.4 Å². The van der Waals surface area contributed by atoms with Gasteiger partial charge in [0.15, 0.2) is 11.7 Å². The lowest BCUT2D eigenvalue weighted by molar-refractivity contribution is -0.151. The SMILES string of the molecule is CCO[C@H](C(=O)O)C(C)c1ccc(OC/C=C/C#CC2(OC)C=CC=C(OC)C2)c(Br)c1. The standard InChI is InChI=1S/C25H29BrO6/c1-5-31-23(24(27)28)18(2)19-11-12-22(21(26)16-19)32-15-8-6-7-13-25(30-4)14-9-10-20(17-25)29-3/h6,8-12,14,16,18,23H,5,15,17H2,1-4H3,(H,27,28)/b8-6+/t18?,23-,25?/m0/s1. The van der Waals surface area contributed by atoms with Crippen LogP contribution in [0, 0.1) is 11.8 Å². The van der Waals surface area contributed by atoms with E-state index in [-0.39, 0.29) is 5.92 Å². The summed E-state index contributed by atoms with van der Waals surface area (Å²) in [6.07, 6.45) is 8.88. The van der Waals surface area contributed by atoms with Crippen molar-refractivity contribution >= 4 is 21.9 Å². The molecule has 0 amide bonds. The van der Waals surface area contributed by atoms with E-state index in [2.05, 4.69) is 27.8 Å². The molecule has 32 heavy (non-hydrogen) atoms. The summed E-state index contributed by atoms with van der Waals surface area (Å²) in [5, 5.41) is 9.39. The molecule has 1 N–H and O–H groups in total. The minimum Gasteiger partial charge on any atom is -0.501 e. The lowest BCUT2D eigenvalue weighted by Gasteiger charge is -2.26. The Bertz CT molecular complexity index is 939. The van der Waals surface area contributed by atoms with Gasteiger partial charge in [-0.1, -0.05) is 30.9 Å². The van der Waals surface area contributed by atoms with Crippen LogP contribution in [0.25, 0.3) is 0 Å². The summed E-state index contributed by atoms with van der Waals surface area (Å²) in [5.41, 5.74) is 0.150. The van der Waals surface area contributed by atoms with Gasteiger partial charge in [-0.25, -0.2) is 4.79 Å². The zero-order valence-corrected chi connectivity index (χ0v) is 20.3. The average Bonchev–Trinajstić information content (AvgIpc) is 2.80. The highest BCUT2D eigenvalue weighted by Gasteiger charge is 2.28. The average molecular weight is 505 g/mol. The maximum absolute atomic E-state index is 11.5. The van der Waals surface area contributed by atoms with E-state index in [0.717, 1.165) is 15.8 Å². The lowest BCUT2D eigenvalue weighted by atomic mass is 9.94. The van der Waals surface area contributed by atoms with E-state index in [1.807, 2.05) is 49.4 Å². The minimum atomic E-state index is -0.976. The van der Waals surface area contributed by atoms with E-state index in [4.69, 9.17) is 18.9 Å². The Labute approximate surface area is 198 Å². The quantitative estimate of drug-likeness (QED) is 0.458. The number of carboxylic acid groups (broad SMARTS) is 1. The lowest BCUT2D eigenvalue weighted by Crippen LogP contribution is -2.29. The van der Waals surface area contributed by atoms with Gasteiger partial charge in [0.1, 0.15) is 12.4 Å². The summed E-state index contributed by atoms with van der Waals surface area (Å²) in [6.45, 7) is 4.28. The van der Waals surface area contributed by atoms with Crippen LogP contribution >= 0.6 is 15.9 Å². The number of carbonyl (C=O) groups is 1. The zero-order chi connectivity index (χ0) is 23.6. The molecule has 2 rings (SSSR count). The van der Waals surface area contributed by atoms with Crippen molar-refractivity contribution < 1.29 is 28.8 Å². The van der Waals surface area contributed by atoms with Gasteiger partial charge in [0.05, 0.1) is 17.3 Å². The van der Waals surface area contributed by atoms with Gasteiger partial charge >= 0.3 is 5.97 Å². The summed E-state index contributed by atoms with van der Waals surface area (Å²) in [5.74, 6) is 6.31. The van der Waals surface area contributed by atoms with Gasteiger partial charge in [-0.3, -0.25) is 0 Å². The van der Waals surface area contributed by atoms with Crippen LogP contribution in [0.15, 0.2) is 58.8 Å². The van der Waals surface area contributed by atoms with Crippen LogP contribution in [0.5, 0.6) is 5.75 Å². The number of methoxy groups -OCH3 is 2. The molecule has 0 fully saturated rings. The van der Waals surface area contributed by atoms with E-state index in [1.165, 1.54) is 0 Å². The molecule has 6 nitrogen and oxygen atoms in total. The number of ether oxygens (including phenoxy) is 4. The number of halogens is 1. The maximum atomic E-state index is 11.5. The third kappa shape index (κ3) is 6.99. The molecule has 2 unspecified atom stereocenters. The van der Waals surface area contributed by atoms with Crippen LogP contribution < -0.4 is 4.74 Å². The molecule has 0 aromatic heterocycles. The van der Waals surface area contributed by atoms with Crippen LogP contribution in [0.1, 0.15) is 31.7 Å². The van der Waals surface area contributed by atoms with Crippen LogP contribution in [0.4, 0.5) is 0 Å². The molecule has 0 aliphatic heterocycles. The van der Waals surface area contributed by atoms with Crippen LogP contribution in [-0.2, 0) is 19.0 Å². The van der Waals surface area contributed by atoms with Gasteiger partial charge in [-0.05, 0) is 64.9 Å². The molecule has 0 saturated carbocycles. The number of hydrogen-bond donors (Lipinski definition) is 1. The number of hydrogen-bond acceptors (Lipinski definition) is 5. The van der Waals surface area contributed by atoms with E-state index < -0.39 is 17.7 Å². The predicted octanol–water partition coefficient (Wildman–Crippen LogP) is 4.86. The van der Waals surface area contributed by atoms with Crippen molar-refractivity contribution in [3.8, 4) is 17.6 Å². The summed E-state index contributed by atoms with van der Waals surface area (Å²) in [6, 6.07) is 5.52. The molecule has 1 aromatic carbocycles. The van der Waals surface area contributed by atoms with Gasteiger partial charge in [-0.2, -0.15) is 0 Å². The number of aliphatic carboxylic acids is 1. The number of benzene rings is 1. The molecule has 7 heteroatoms. The third-order valence-electron chi connectivity index (χ3n) is 5.06. The molecule has 1 aromatic rings. The van der Waals surface area contributed by atoms with Crippen molar-refractivity contribution in [1.82, 2.24) is 0 Å². The van der Waals surface area contributed by atoms with E-state index in [9.17, 15) is 9.90 Å². The predicted molar refractivity (Wildman–Crippen MR) is 127 cm³/mol. The summed E-state index contributed by atoms with van der Waals surface area (Å²) in [7, 11) is 3.25. The van der Waals surface area contributed by atoms with Gasteiger partial charge in [0, 0.05) is 26.1 Å². The van der Waals surface area contributed by atoms with Crippen LogP contribution in [0.2, 0.25) is 0 Å². The van der Waals surface area contributed by atoms with Crippen molar-refractivity contribution in [2.24, 2.45) is 0 Å². The van der Waals surface area contributed by atoms with Crippen LogP contribution in [-0.4, -0.2) is 50.2 Å². The highest BCUT2D eigenvalue weighted by molar-refractivity contribution is 9.10. The zero-order valence-electron chi connectivity index (χ0n) is 18.8. The summed E-state index contributed by atoms with van der Waals surface area (Å²) in [4.78, 5) is 11.5. The Kier molecular flexibility index (Phi) is 10.0. The second-order valence-corrected chi connectivity index (χ2v) is 8.00. The molecule has 0 heterocycles. The number of carboxylic acids is 1. The Balaban J connectivity index is 1.96. The Morgan fingerprint density at radius 1 is 1.38 bits per heavy atom. The highest BCUT2D eigenvalue weighted by atomic mass is 79.9. The molecule has 3 atom stereocenters. The van der Waals surface area contributed by atoms with Crippen molar-refractivity contribution in [2.45, 2.75) is 37.9 Å². The maximum Gasteiger partial charge on any atom is 0.333 e. The topological polar surface area (TPSA) is 74.2 Å². The fourth-order valence-electron chi connectivity index (χ4n) is 3.21. The minimum absolute atomic E-state index is 0.302. The molecular weight excluding hydrogens is 476 g/mol. The fourth-order valence-corrected chi connectivity index (χ4v) is 3.73.